The summed E-state index contributed by atoms with van der Waals surface area (Å²) in [5.41, 5.74) is -0.436. The summed E-state index contributed by atoms with van der Waals surface area (Å²) < 4.78 is 15.4. The maximum Gasteiger partial charge on any atom is 0.317 e. The fourth-order valence-electron chi connectivity index (χ4n) is 2.79. The molecule has 0 saturated carbocycles. The lowest BCUT2D eigenvalue weighted by molar-refractivity contribution is -0.186. The normalized spacial score (nSPS) is 23.7. The van der Waals surface area contributed by atoms with Gasteiger partial charge in [0.2, 0.25) is 0 Å². The van der Waals surface area contributed by atoms with Crippen LogP contribution in [0.25, 0.3) is 0 Å². The molecule has 2 fully saturated rings. The van der Waals surface area contributed by atoms with E-state index in [1.165, 1.54) is 7.11 Å². The molecule has 0 spiro atoms. The Morgan fingerprint density at radius 3 is 2.50 bits per heavy atom. The third-order valence-electron chi connectivity index (χ3n) is 3.86. The molecule has 2 rings (SSSR count). The molecule has 18 heavy (non-hydrogen) atoms. The van der Waals surface area contributed by atoms with E-state index in [1.807, 2.05) is 0 Å². The second-order valence-electron chi connectivity index (χ2n) is 5.52. The fourth-order valence-corrected chi connectivity index (χ4v) is 2.79. The molecule has 0 bridgehead atoms. The van der Waals surface area contributed by atoms with Gasteiger partial charge in [0.1, 0.15) is 5.41 Å². The molecule has 0 radical (unpaired) electrons. The molecule has 0 aromatic rings. The van der Waals surface area contributed by atoms with Gasteiger partial charge in [0.25, 0.3) is 0 Å². The highest BCUT2D eigenvalue weighted by atomic mass is 16.5. The second kappa shape index (κ2) is 5.99. The number of esters is 1. The number of carbonyl (C=O) groups excluding carboxylic acids is 1. The molecule has 0 atom stereocenters. The molecular formula is C13H23NO4. The van der Waals surface area contributed by atoms with Crippen molar-refractivity contribution in [1.29, 1.82) is 0 Å². The second-order valence-corrected chi connectivity index (χ2v) is 5.52. The lowest BCUT2D eigenvalue weighted by Gasteiger charge is -2.41. The Labute approximate surface area is 108 Å². The number of hydrogen-bond donors (Lipinski definition) is 0. The van der Waals surface area contributed by atoms with Crippen LogP contribution in [0.1, 0.15) is 12.8 Å². The van der Waals surface area contributed by atoms with Gasteiger partial charge in [-0.25, -0.2) is 0 Å². The molecule has 0 N–H and O–H groups in total. The summed E-state index contributed by atoms with van der Waals surface area (Å²) in [7, 11) is 3.51. The van der Waals surface area contributed by atoms with E-state index in [4.69, 9.17) is 14.2 Å². The first-order chi connectivity index (χ1) is 8.66. The maximum atomic E-state index is 11.8. The third-order valence-corrected chi connectivity index (χ3v) is 3.86. The fraction of sp³-hybridized carbons (Fsp3) is 0.923. The Bertz CT molecular complexity index is 285. The van der Waals surface area contributed by atoms with E-state index in [2.05, 4.69) is 11.9 Å². The van der Waals surface area contributed by atoms with Crippen LogP contribution in [-0.2, 0) is 19.0 Å². The topological polar surface area (TPSA) is 48.0 Å². The quantitative estimate of drug-likeness (QED) is 0.673. The summed E-state index contributed by atoms with van der Waals surface area (Å²) in [5.74, 6) is 0.534. The van der Waals surface area contributed by atoms with Gasteiger partial charge in [-0.3, -0.25) is 4.79 Å². The lowest BCUT2D eigenvalue weighted by atomic mass is 9.85. The van der Waals surface area contributed by atoms with Crippen LogP contribution in [0.15, 0.2) is 0 Å². The Hall–Kier alpha value is -0.650. The van der Waals surface area contributed by atoms with Gasteiger partial charge in [0.05, 0.1) is 20.3 Å². The highest BCUT2D eigenvalue weighted by molar-refractivity contribution is 5.78. The first kappa shape index (κ1) is 13.8. The number of rotatable bonds is 5. The first-order valence-electron chi connectivity index (χ1n) is 6.59. The standard InChI is InChI=1S/C13H23NO4/c1-14(7-11-3-5-17-6-4-11)8-13(9-18-10-13)12(15)16-2/h11H,3-10H2,1-2H3. The van der Waals surface area contributed by atoms with Crippen LogP contribution in [0.4, 0.5) is 0 Å². The van der Waals surface area contributed by atoms with Gasteiger partial charge < -0.3 is 19.1 Å². The van der Waals surface area contributed by atoms with Crippen molar-refractivity contribution in [1.82, 2.24) is 4.90 Å². The summed E-state index contributed by atoms with van der Waals surface area (Å²) in [6.45, 7) is 4.43. The summed E-state index contributed by atoms with van der Waals surface area (Å²) in [4.78, 5) is 14.0. The lowest BCUT2D eigenvalue weighted by Crippen LogP contribution is -2.56. The molecule has 5 heteroatoms. The monoisotopic (exact) mass is 257 g/mol. The Kier molecular flexibility index (Phi) is 4.59. The molecule has 0 unspecified atom stereocenters. The number of methoxy groups -OCH3 is 1. The molecule has 5 nitrogen and oxygen atoms in total. The number of nitrogens with zero attached hydrogens (tertiary/aromatic N) is 1. The average Bonchev–Trinajstić information content (AvgIpc) is 2.34. The van der Waals surface area contributed by atoms with Crippen LogP contribution < -0.4 is 0 Å². The molecule has 0 aromatic heterocycles. The minimum absolute atomic E-state index is 0.146. The van der Waals surface area contributed by atoms with E-state index in [1.54, 1.807) is 0 Å². The van der Waals surface area contributed by atoms with Gasteiger partial charge in [-0.05, 0) is 25.8 Å². The van der Waals surface area contributed by atoms with Crippen molar-refractivity contribution < 1.29 is 19.0 Å². The zero-order valence-electron chi connectivity index (χ0n) is 11.3. The third kappa shape index (κ3) is 3.02. The Morgan fingerprint density at radius 2 is 2.00 bits per heavy atom. The van der Waals surface area contributed by atoms with E-state index in [-0.39, 0.29) is 5.97 Å². The van der Waals surface area contributed by atoms with Crippen molar-refractivity contribution >= 4 is 5.97 Å². The van der Waals surface area contributed by atoms with Crippen molar-refractivity contribution in [3.63, 3.8) is 0 Å². The SMILES string of the molecule is COC(=O)C1(CN(C)CC2CCOCC2)COC1. The van der Waals surface area contributed by atoms with Crippen LogP contribution in [0.5, 0.6) is 0 Å². The molecule has 0 aliphatic carbocycles. The zero-order chi connectivity index (χ0) is 13.0. The highest BCUT2D eigenvalue weighted by Gasteiger charge is 2.47. The van der Waals surface area contributed by atoms with Crippen molar-refractivity contribution in [2.45, 2.75) is 12.8 Å². The van der Waals surface area contributed by atoms with E-state index in [0.29, 0.717) is 19.1 Å². The summed E-state index contributed by atoms with van der Waals surface area (Å²) in [6.07, 6.45) is 2.23. The van der Waals surface area contributed by atoms with E-state index in [0.717, 1.165) is 39.1 Å². The van der Waals surface area contributed by atoms with Crippen LogP contribution in [0.2, 0.25) is 0 Å². The zero-order valence-corrected chi connectivity index (χ0v) is 11.3. The summed E-state index contributed by atoms with van der Waals surface area (Å²) >= 11 is 0. The summed E-state index contributed by atoms with van der Waals surface area (Å²) in [5, 5.41) is 0. The number of hydrogen-bond acceptors (Lipinski definition) is 5. The van der Waals surface area contributed by atoms with Crippen LogP contribution >= 0.6 is 0 Å². The minimum Gasteiger partial charge on any atom is -0.468 e. The minimum atomic E-state index is -0.436. The van der Waals surface area contributed by atoms with Crippen molar-refractivity contribution in [3.05, 3.63) is 0 Å². The van der Waals surface area contributed by atoms with Gasteiger partial charge in [-0.1, -0.05) is 0 Å². The Balaban J connectivity index is 1.81. The molecule has 2 aliphatic heterocycles. The number of carbonyl (C=O) groups is 1. The molecule has 0 amide bonds. The van der Waals surface area contributed by atoms with Gasteiger partial charge in [-0.15, -0.1) is 0 Å². The summed E-state index contributed by atoms with van der Waals surface area (Å²) in [6, 6.07) is 0. The van der Waals surface area contributed by atoms with Crippen LogP contribution in [0, 0.1) is 11.3 Å². The predicted molar refractivity (Wildman–Crippen MR) is 66.3 cm³/mol. The molecular weight excluding hydrogens is 234 g/mol. The molecule has 2 saturated heterocycles. The van der Waals surface area contributed by atoms with Crippen molar-refractivity contribution in [2.24, 2.45) is 11.3 Å². The predicted octanol–water partition coefficient (Wildman–Crippen LogP) is 0.534. The van der Waals surface area contributed by atoms with Gasteiger partial charge in [0, 0.05) is 26.3 Å². The van der Waals surface area contributed by atoms with E-state index < -0.39 is 5.41 Å². The molecule has 2 heterocycles. The highest BCUT2D eigenvalue weighted by Crippen LogP contribution is 2.30. The Morgan fingerprint density at radius 1 is 1.33 bits per heavy atom. The van der Waals surface area contributed by atoms with Crippen LogP contribution in [0.3, 0.4) is 0 Å². The van der Waals surface area contributed by atoms with Crippen molar-refractivity contribution in [3.8, 4) is 0 Å². The maximum absolute atomic E-state index is 11.8. The number of ether oxygens (including phenoxy) is 3. The largest absolute Gasteiger partial charge is 0.468 e. The van der Waals surface area contributed by atoms with E-state index >= 15 is 0 Å². The smallest absolute Gasteiger partial charge is 0.317 e. The van der Waals surface area contributed by atoms with Gasteiger partial charge in [0.15, 0.2) is 0 Å². The molecule has 104 valence electrons. The van der Waals surface area contributed by atoms with Crippen molar-refractivity contribution in [2.75, 3.05) is 53.7 Å². The first-order valence-corrected chi connectivity index (χ1v) is 6.59. The van der Waals surface area contributed by atoms with Gasteiger partial charge in [-0.2, -0.15) is 0 Å². The van der Waals surface area contributed by atoms with E-state index in [9.17, 15) is 4.79 Å². The molecule has 0 aromatic carbocycles. The average molecular weight is 257 g/mol. The van der Waals surface area contributed by atoms with Gasteiger partial charge >= 0.3 is 5.97 Å². The molecule has 2 aliphatic rings. The van der Waals surface area contributed by atoms with Crippen LogP contribution in [-0.4, -0.2) is 64.5 Å².